The molecule has 18 heavy (non-hydrogen) atoms. The van der Waals surface area contributed by atoms with E-state index >= 15 is 0 Å². The first-order valence-corrected chi connectivity index (χ1v) is 5.26. The standard InChI is InChI=1S/C11H11N5O2/c1-8-13-14-9(2)15(8)12-7-10-5-3-4-6-11(10)16(17)18/h3-7H,1-2H3/b12-7-. The lowest BCUT2D eigenvalue weighted by Gasteiger charge is -1.98. The minimum atomic E-state index is -0.437. The van der Waals surface area contributed by atoms with Crippen molar-refractivity contribution in [2.24, 2.45) is 5.10 Å². The van der Waals surface area contributed by atoms with Gasteiger partial charge in [-0.15, -0.1) is 10.2 Å². The first kappa shape index (κ1) is 11.9. The highest BCUT2D eigenvalue weighted by atomic mass is 16.6. The number of hydrogen-bond donors (Lipinski definition) is 0. The summed E-state index contributed by atoms with van der Waals surface area (Å²) in [5, 5.41) is 22.7. The van der Waals surface area contributed by atoms with Gasteiger partial charge in [-0.2, -0.15) is 5.10 Å². The van der Waals surface area contributed by atoms with Crippen LogP contribution in [0.5, 0.6) is 0 Å². The molecule has 2 rings (SSSR count). The SMILES string of the molecule is Cc1nnc(C)n1/N=C\c1ccccc1[N+](=O)[O-]. The Labute approximate surface area is 103 Å². The average molecular weight is 245 g/mol. The van der Waals surface area contributed by atoms with Crippen molar-refractivity contribution in [3.05, 3.63) is 51.6 Å². The molecule has 0 saturated heterocycles. The highest BCUT2D eigenvalue weighted by molar-refractivity contribution is 5.85. The van der Waals surface area contributed by atoms with E-state index in [0.717, 1.165) is 0 Å². The van der Waals surface area contributed by atoms with Gasteiger partial charge in [-0.3, -0.25) is 10.1 Å². The average Bonchev–Trinajstić information content (AvgIpc) is 2.67. The summed E-state index contributed by atoms with van der Waals surface area (Å²) in [6, 6.07) is 6.41. The van der Waals surface area contributed by atoms with Gasteiger partial charge in [-0.05, 0) is 19.9 Å². The number of rotatable bonds is 3. The van der Waals surface area contributed by atoms with Crippen LogP contribution in [0.4, 0.5) is 5.69 Å². The molecule has 0 aliphatic carbocycles. The molecule has 1 aromatic heterocycles. The molecule has 0 bridgehead atoms. The lowest BCUT2D eigenvalue weighted by Crippen LogP contribution is -1.98. The molecule has 0 spiro atoms. The third-order valence-electron chi connectivity index (χ3n) is 2.40. The van der Waals surface area contributed by atoms with Gasteiger partial charge in [0, 0.05) is 6.07 Å². The van der Waals surface area contributed by atoms with Crippen LogP contribution in [0.1, 0.15) is 17.2 Å². The van der Waals surface area contributed by atoms with E-state index in [4.69, 9.17) is 0 Å². The molecular weight excluding hydrogens is 234 g/mol. The zero-order chi connectivity index (χ0) is 13.1. The van der Waals surface area contributed by atoms with Crippen LogP contribution in [0, 0.1) is 24.0 Å². The Bertz CT molecular complexity index is 598. The van der Waals surface area contributed by atoms with Crippen LogP contribution < -0.4 is 0 Å². The van der Waals surface area contributed by atoms with Crippen LogP contribution in [-0.2, 0) is 0 Å². The van der Waals surface area contributed by atoms with E-state index in [1.165, 1.54) is 17.0 Å². The minimum Gasteiger partial charge on any atom is -0.258 e. The van der Waals surface area contributed by atoms with Gasteiger partial charge in [0.15, 0.2) is 11.6 Å². The molecule has 0 saturated carbocycles. The third kappa shape index (κ3) is 2.24. The van der Waals surface area contributed by atoms with Crippen molar-refractivity contribution in [1.82, 2.24) is 14.9 Å². The molecule has 0 aliphatic heterocycles. The molecular formula is C11H11N5O2. The van der Waals surface area contributed by atoms with E-state index in [9.17, 15) is 10.1 Å². The van der Waals surface area contributed by atoms with E-state index in [2.05, 4.69) is 15.3 Å². The van der Waals surface area contributed by atoms with Crippen molar-refractivity contribution >= 4 is 11.9 Å². The minimum absolute atomic E-state index is 0.0182. The van der Waals surface area contributed by atoms with Crippen molar-refractivity contribution in [1.29, 1.82) is 0 Å². The smallest absolute Gasteiger partial charge is 0.258 e. The van der Waals surface area contributed by atoms with Gasteiger partial charge in [-0.1, -0.05) is 12.1 Å². The summed E-state index contributed by atoms with van der Waals surface area (Å²) < 4.78 is 1.52. The number of benzene rings is 1. The summed E-state index contributed by atoms with van der Waals surface area (Å²) in [6.45, 7) is 3.52. The Morgan fingerprint density at radius 3 is 2.50 bits per heavy atom. The highest BCUT2D eigenvalue weighted by Crippen LogP contribution is 2.15. The fourth-order valence-corrected chi connectivity index (χ4v) is 1.51. The van der Waals surface area contributed by atoms with Crippen molar-refractivity contribution in [2.75, 3.05) is 0 Å². The van der Waals surface area contributed by atoms with Crippen molar-refractivity contribution in [2.45, 2.75) is 13.8 Å². The molecule has 7 heteroatoms. The summed E-state index contributed by atoms with van der Waals surface area (Å²) in [4.78, 5) is 10.4. The van der Waals surface area contributed by atoms with Gasteiger partial charge in [0.25, 0.3) is 5.69 Å². The number of nitrogens with zero attached hydrogens (tertiary/aromatic N) is 5. The van der Waals surface area contributed by atoms with Gasteiger partial charge in [0.05, 0.1) is 16.7 Å². The van der Waals surface area contributed by atoms with Crippen molar-refractivity contribution in [3.8, 4) is 0 Å². The van der Waals surface area contributed by atoms with Crippen molar-refractivity contribution in [3.63, 3.8) is 0 Å². The van der Waals surface area contributed by atoms with Gasteiger partial charge in [0.1, 0.15) is 0 Å². The maximum Gasteiger partial charge on any atom is 0.278 e. The molecule has 0 N–H and O–H groups in total. The monoisotopic (exact) mass is 245 g/mol. The summed E-state index contributed by atoms with van der Waals surface area (Å²) in [7, 11) is 0. The van der Waals surface area contributed by atoms with Gasteiger partial charge >= 0.3 is 0 Å². The predicted octanol–water partition coefficient (Wildman–Crippen LogP) is 1.69. The molecule has 1 aromatic carbocycles. The molecule has 0 fully saturated rings. The fourth-order valence-electron chi connectivity index (χ4n) is 1.51. The predicted molar refractivity (Wildman–Crippen MR) is 65.6 cm³/mol. The normalized spacial score (nSPS) is 11.0. The maximum absolute atomic E-state index is 10.8. The van der Waals surface area contributed by atoms with Gasteiger partial charge in [0.2, 0.25) is 0 Å². The largest absolute Gasteiger partial charge is 0.278 e. The number of nitro groups is 1. The number of aromatic nitrogens is 3. The molecule has 0 radical (unpaired) electrons. The van der Waals surface area contributed by atoms with Crippen LogP contribution >= 0.6 is 0 Å². The Morgan fingerprint density at radius 1 is 1.28 bits per heavy atom. The third-order valence-corrected chi connectivity index (χ3v) is 2.40. The zero-order valence-corrected chi connectivity index (χ0v) is 9.94. The van der Waals surface area contributed by atoms with Gasteiger partial charge < -0.3 is 0 Å². The van der Waals surface area contributed by atoms with Crippen molar-refractivity contribution < 1.29 is 4.92 Å². The highest BCUT2D eigenvalue weighted by Gasteiger charge is 2.10. The van der Waals surface area contributed by atoms with Crippen LogP contribution in [0.25, 0.3) is 0 Å². The molecule has 2 aromatic rings. The van der Waals surface area contributed by atoms with E-state index in [-0.39, 0.29) is 5.69 Å². The van der Waals surface area contributed by atoms with Crippen LogP contribution in [0.2, 0.25) is 0 Å². The summed E-state index contributed by atoms with van der Waals surface area (Å²) >= 11 is 0. The Morgan fingerprint density at radius 2 is 1.89 bits per heavy atom. The quantitative estimate of drug-likeness (QED) is 0.467. The van der Waals surface area contributed by atoms with E-state index in [1.807, 2.05) is 0 Å². The van der Waals surface area contributed by atoms with Crippen LogP contribution in [-0.4, -0.2) is 26.0 Å². The van der Waals surface area contributed by atoms with E-state index in [0.29, 0.717) is 17.2 Å². The van der Waals surface area contributed by atoms with Crippen LogP contribution in [0.3, 0.4) is 0 Å². The molecule has 1 heterocycles. The topological polar surface area (TPSA) is 86.2 Å². The second kappa shape index (κ2) is 4.74. The lowest BCUT2D eigenvalue weighted by molar-refractivity contribution is -0.385. The Kier molecular flexibility index (Phi) is 3.13. The maximum atomic E-state index is 10.8. The number of aryl methyl sites for hydroxylation is 2. The molecule has 92 valence electrons. The number of para-hydroxylation sites is 1. The summed E-state index contributed by atoms with van der Waals surface area (Å²) in [5.41, 5.74) is 0.458. The van der Waals surface area contributed by atoms with Gasteiger partial charge in [-0.25, -0.2) is 4.68 Å². The first-order valence-electron chi connectivity index (χ1n) is 5.26. The summed E-state index contributed by atoms with van der Waals surface area (Å²) in [6.07, 6.45) is 1.43. The van der Waals surface area contributed by atoms with E-state index in [1.54, 1.807) is 32.0 Å². The molecule has 0 atom stereocenters. The molecule has 0 aliphatic rings. The second-order valence-electron chi connectivity index (χ2n) is 3.67. The Balaban J connectivity index is 2.38. The number of hydrogen-bond acceptors (Lipinski definition) is 5. The lowest BCUT2D eigenvalue weighted by atomic mass is 10.2. The number of nitro benzene ring substituents is 1. The Hall–Kier alpha value is -2.57. The fraction of sp³-hybridized carbons (Fsp3) is 0.182. The van der Waals surface area contributed by atoms with Crippen LogP contribution in [0.15, 0.2) is 29.4 Å². The summed E-state index contributed by atoms with van der Waals surface area (Å²) in [5.74, 6) is 1.25. The second-order valence-corrected chi connectivity index (χ2v) is 3.67. The molecule has 7 nitrogen and oxygen atoms in total. The zero-order valence-electron chi connectivity index (χ0n) is 9.94. The molecule has 0 amide bonds. The molecule has 0 unspecified atom stereocenters. The van der Waals surface area contributed by atoms with E-state index < -0.39 is 4.92 Å². The first-order chi connectivity index (χ1) is 8.59.